The molecule has 2 N–H and O–H groups in total. The van der Waals surface area contributed by atoms with Gasteiger partial charge in [-0.3, -0.25) is 9.59 Å². The van der Waals surface area contributed by atoms with Gasteiger partial charge in [0.15, 0.2) is 0 Å². The molecule has 24 heavy (non-hydrogen) atoms. The molecule has 0 aliphatic heterocycles. The van der Waals surface area contributed by atoms with E-state index < -0.39 is 0 Å². The van der Waals surface area contributed by atoms with Gasteiger partial charge in [0.05, 0.1) is 17.9 Å². The number of benzene rings is 2. The molecule has 0 unspecified atom stereocenters. The molecule has 0 bridgehead atoms. The average Bonchev–Trinajstić information content (AvgIpc) is 2.61. The number of carbonyl (C=O) groups is 2. The van der Waals surface area contributed by atoms with Crippen LogP contribution in [0.15, 0.2) is 48.5 Å². The Labute approximate surface area is 142 Å². The van der Waals surface area contributed by atoms with Crippen LogP contribution >= 0.6 is 0 Å². The Morgan fingerprint density at radius 3 is 2.33 bits per heavy atom. The zero-order valence-electron chi connectivity index (χ0n) is 14.0. The van der Waals surface area contributed by atoms with E-state index in [1.165, 1.54) is 0 Å². The quantitative estimate of drug-likeness (QED) is 0.818. The second-order valence-corrected chi connectivity index (χ2v) is 5.21. The van der Waals surface area contributed by atoms with E-state index in [1.807, 2.05) is 13.8 Å². The molecule has 0 aliphatic carbocycles. The van der Waals surface area contributed by atoms with Crippen LogP contribution in [0.4, 0.5) is 5.69 Å². The lowest BCUT2D eigenvalue weighted by atomic mass is 10.1. The number of nitrogens with one attached hydrogen (secondary N) is 2. The number of ether oxygens (including phenoxy) is 1. The Morgan fingerprint density at radius 2 is 1.67 bits per heavy atom. The average molecular weight is 326 g/mol. The SMILES string of the molecule is CCCNC(=O)c1ccccc1NC(=O)c1ccc(OCC)cc1. The van der Waals surface area contributed by atoms with Crippen LogP contribution in [0.3, 0.4) is 0 Å². The predicted octanol–water partition coefficient (Wildman–Crippen LogP) is 3.48. The van der Waals surface area contributed by atoms with Crippen molar-refractivity contribution in [2.24, 2.45) is 0 Å². The fourth-order valence-corrected chi connectivity index (χ4v) is 2.19. The standard InChI is InChI=1S/C19H22N2O3/c1-3-13-20-19(23)16-7-5-6-8-17(16)21-18(22)14-9-11-15(12-10-14)24-4-2/h5-12H,3-4,13H2,1-2H3,(H,20,23)(H,21,22). The van der Waals surface area contributed by atoms with Gasteiger partial charge in [0.1, 0.15) is 5.75 Å². The first-order valence-electron chi connectivity index (χ1n) is 8.07. The van der Waals surface area contributed by atoms with Crippen molar-refractivity contribution in [1.82, 2.24) is 5.32 Å². The van der Waals surface area contributed by atoms with Crippen LogP contribution in [0.2, 0.25) is 0 Å². The van der Waals surface area contributed by atoms with E-state index >= 15 is 0 Å². The minimum atomic E-state index is -0.270. The molecular formula is C19H22N2O3. The maximum absolute atomic E-state index is 12.4. The van der Waals surface area contributed by atoms with E-state index in [0.717, 1.165) is 6.42 Å². The molecule has 0 radical (unpaired) electrons. The largest absolute Gasteiger partial charge is 0.494 e. The summed E-state index contributed by atoms with van der Waals surface area (Å²) in [6, 6.07) is 13.8. The number of rotatable bonds is 7. The summed E-state index contributed by atoms with van der Waals surface area (Å²) in [4.78, 5) is 24.6. The van der Waals surface area contributed by atoms with E-state index in [9.17, 15) is 9.59 Å². The molecule has 0 heterocycles. The van der Waals surface area contributed by atoms with E-state index in [1.54, 1.807) is 48.5 Å². The number of carbonyl (C=O) groups excluding carboxylic acids is 2. The molecule has 5 nitrogen and oxygen atoms in total. The minimum absolute atomic E-state index is 0.195. The van der Waals surface area contributed by atoms with E-state index in [2.05, 4.69) is 10.6 Å². The third-order valence-corrected chi connectivity index (χ3v) is 3.38. The van der Waals surface area contributed by atoms with Crippen molar-refractivity contribution in [3.8, 4) is 5.75 Å². The Balaban J connectivity index is 2.12. The molecule has 2 amide bonds. The second kappa shape index (κ2) is 8.72. The molecule has 2 rings (SSSR count). The molecule has 5 heteroatoms. The van der Waals surface area contributed by atoms with Crippen LogP contribution in [0.5, 0.6) is 5.75 Å². The zero-order chi connectivity index (χ0) is 17.4. The third-order valence-electron chi connectivity index (χ3n) is 3.38. The molecule has 0 fully saturated rings. The molecule has 0 atom stereocenters. The summed E-state index contributed by atoms with van der Waals surface area (Å²) in [5.74, 6) is 0.252. The smallest absolute Gasteiger partial charge is 0.255 e. The highest BCUT2D eigenvalue weighted by atomic mass is 16.5. The first-order chi connectivity index (χ1) is 11.7. The number of hydrogen-bond donors (Lipinski definition) is 2. The number of hydrogen-bond acceptors (Lipinski definition) is 3. The summed E-state index contributed by atoms with van der Waals surface area (Å²) in [5, 5.41) is 5.61. The van der Waals surface area contributed by atoms with Gasteiger partial charge >= 0.3 is 0 Å². The van der Waals surface area contributed by atoms with Crippen LogP contribution in [0.25, 0.3) is 0 Å². The van der Waals surface area contributed by atoms with Crippen LogP contribution < -0.4 is 15.4 Å². The monoisotopic (exact) mass is 326 g/mol. The third kappa shape index (κ3) is 4.59. The summed E-state index contributed by atoms with van der Waals surface area (Å²) >= 11 is 0. The molecule has 0 aliphatic rings. The fraction of sp³-hybridized carbons (Fsp3) is 0.263. The molecular weight excluding hydrogens is 304 g/mol. The van der Waals surface area contributed by atoms with Crippen molar-refractivity contribution < 1.29 is 14.3 Å². The molecule has 0 spiro atoms. The molecule has 2 aromatic rings. The Morgan fingerprint density at radius 1 is 0.958 bits per heavy atom. The lowest BCUT2D eigenvalue weighted by Gasteiger charge is -2.11. The molecule has 0 saturated carbocycles. The lowest BCUT2D eigenvalue weighted by Crippen LogP contribution is -2.25. The van der Waals surface area contributed by atoms with Crippen LogP contribution in [-0.2, 0) is 0 Å². The summed E-state index contributed by atoms with van der Waals surface area (Å²) in [7, 11) is 0. The fourth-order valence-electron chi connectivity index (χ4n) is 2.19. The van der Waals surface area contributed by atoms with Gasteiger partial charge in [-0.25, -0.2) is 0 Å². The van der Waals surface area contributed by atoms with Crippen LogP contribution in [0.1, 0.15) is 41.0 Å². The topological polar surface area (TPSA) is 67.4 Å². The van der Waals surface area contributed by atoms with Crippen molar-refractivity contribution in [1.29, 1.82) is 0 Å². The summed E-state index contributed by atoms with van der Waals surface area (Å²) in [6.07, 6.45) is 0.854. The lowest BCUT2D eigenvalue weighted by molar-refractivity contribution is 0.0954. The van der Waals surface area contributed by atoms with Gasteiger partial charge in [-0.2, -0.15) is 0 Å². The van der Waals surface area contributed by atoms with Gasteiger partial charge in [0, 0.05) is 12.1 Å². The van der Waals surface area contributed by atoms with E-state index in [0.29, 0.717) is 35.7 Å². The van der Waals surface area contributed by atoms with Gasteiger partial charge in [-0.05, 0) is 49.7 Å². The number of anilines is 1. The van der Waals surface area contributed by atoms with Gasteiger partial charge < -0.3 is 15.4 Å². The van der Waals surface area contributed by atoms with E-state index in [4.69, 9.17) is 4.74 Å². The highest BCUT2D eigenvalue weighted by Gasteiger charge is 2.13. The van der Waals surface area contributed by atoms with Crippen LogP contribution in [-0.4, -0.2) is 25.0 Å². The minimum Gasteiger partial charge on any atom is -0.494 e. The summed E-state index contributed by atoms with van der Waals surface area (Å²) in [6.45, 7) is 5.06. The first kappa shape index (κ1) is 17.5. The highest BCUT2D eigenvalue weighted by Crippen LogP contribution is 2.18. The van der Waals surface area contributed by atoms with Crippen molar-refractivity contribution in [2.75, 3.05) is 18.5 Å². The maximum atomic E-state index is 12.4. The second-order valence-electron chi connectivity index (χ2n) is 5.21. The highest BCUT2D eigenvalue weighted by molar-refractivity contribution is 6.09. The van der Waals surface area contributed by atoms with Crippen molar-refractivity contribution >= 4 is 17.5 Å². The number of amides is 2. The first-order valence-corrected chi connectivity index (χ1v) is 8.07. The van der Waals surface area contributed by atoms with Crippen molar-refractivity contribution in [2.45, 2.75) is 20.3 Å². The zero-order valence-corrected chi connectivity index (χ0v) is 14.0. The van der Waals surface area contributed by atoms with Gasteiger partial charge in [0.2, 0.25) is 0 Å². The summed E-state index contributed by atoms with van der Waals surface area (Å²) < 4.78 is 5.36. The Hall–Kier alpha value is -2.82. The summed E-state index contributed by atoms with van der Waals surface area (Å²) in [5.41, 5.74) is 1.44. The molecule has 0 aromatic heterocycles. The molecule has 2 aromatic carbocycles. The molecule has 0 saturated heterocycles. The normalized spacial score (nSPS) is 10.1. The van der Waals surface area contributed by atoms with Gasteiger partial charge in [0.25, 0.3) is 11.8 Å². The Kier molecular flexibility index (Phi) is 6.37. The maximum Gasteiger partial charge on any atom is 0.255 e. The van der Waals surface area contributed by atoms with Gasteiger partial charge in [-0.1, -0.05) is 19.1 Å². The predicted molar refractivity (Wildman–Crippen MR) is 94.6 cm³/mol. The van der Waals surface area contributed by atoms with Gasteiger partial charge in [-0.15, -0.1) is 0 Å². The molecule has 126 valence electrons. The number of para-hydroxylation sites is 1. The van der Waals surface area contributed by atoms with E-state index in [-0.39, 0.29) is 11.8 Å². The Bertz CT molecular complexity index is 696. The van der Waals surface area contributed by atoms with Crippen molar-refractivity contribution in [3.63, 3.8) is 0 Å². The van der Waals surface area contributed by atoms with Crippen molar-refractivity contribution in [3.05, 3.63) is 59.7 Å². The van der Waals surface area contributed by atoms with Crippen LogP contribution in [0, 0.1) is 0 Å².